The van der Waals surface area contributed by atoms with Crippen LogP contribution in [0.4, 0.5) is 8.78 Å². The zero-order chi connectivity index (χ0) is 13.1. The fourth-order valence-corrected chi connectivity index (χ4v) is 1.29. The molecule has 92 valence electrons. The van der Waals surface area contributed by atoms with Gasteiger partial charge in [0.05, 0.1) is 6.20 Å². The van der Waals surface area contributed by atoms with Crippen molar-refractivity contribution in [2.24, 2.45) is 0 Å². The molecule has 2 rings (SSSR count). The average molecular weight is 251 g/mol. The molecule has 0 aliphatic rings. The molecule has 0 unspecified atom stereocenters. The number of ether oxygens (including phenoxy) is 1. The van der Waals surface area contributed by atoms with E-state index in [1.807, 2.05) is 0 Å². The maximum atomic E-state index is 13.0. The van der Waals surface area contributed by atoms with Gasteiger partial charge in [-0.2, -0.15) is 0 Å². The third-order valence-electron chi connectivity index (χ3n) is 2.09. The van der Waals surface area contributed by atoms with Crippen molar-refractivity contribution in [3.63, 3.8) is 0 Å². The number of carbonyl (C=O) groups is 1. The third-order valence-corrected chi connectivity index (χ3v) is 2.09. The zero-order valence-corrected chi connectivity index (χ0v) is 8.93. The van der Waals surface area contributed by atoms with Gasteiger partial charge in [-0.3, -0.25) is 0 Å². The molecule has 0 spiro atoms. The number of hydrogen-bond acceptors (Lipinski definition) is 3. The van der Waals surface area contributed by atoms with E-state index in [4.69, 9.17) is 9.84 Å². The van der Waals surface area contributed by atoms with Gasteiger partial charge in [-0.15, -0.1) is 0 Å². The number of nitrogens with zero attached hydrogens (tertiary/aromatic N) is 1. The summed E-state index contributed by atoms with van der Waals surface area (Å²) in [4.78, 5) is 14.5. The van der Waals surface area contributed by atoms with E-state index in [-0.39, 0.29) is 17.2 Å². The monoisotopic (exact) mass is 251 g/mol. The van der Waals surface area contributed by atoms with Gasteiger partial charge in [0, 0.05) is 12.1 Å². The van der Waals surface area contributed by atoms with E-state index in [2.05, 4.69) is 4.98 Å². The molecule has 0 aliphatic carbocycles. The fourth-order valence-electron chi connectivity index (χ4n) is 1.29. The van der Waals surface area contributed by atoms with E-state index in [9.17, 15) is 13.6 Å². The SMILES string of the molecule is O=C(O)c1ccc(F)cc1Oc1ccc(F)cn1. The molecule has 0 bridgehead atoms. The van der Waals surface area contributed by atoms with Crippen molar-refractivity contribution in [2.75, 3.05) is 0 Å². The Balaban J connectivity index is 2.35. The summed E-state index contributed by atoms with van der Waals surface area (Å²) in [6, 6.07) is 5.33. The van der Waals surface area contributed by atoms with Crippen molar-refractivity contribution < 1.29 is 23.4 Å². The molecule has 4 nitrogen and oxygen atoms in total. The number of aromatic carboxylic acids is 1. The van der Waals surface area contributed by atoms with Gasteiger partial charge in [0.15, 0.2) is 0 Å². The summed E-state index contributed by atoms with van der Waals surface area (Å²) in [5.41, 5.74) is -0.206. The zero-order valence-electron chi connectivity index (χ0n) is 8.93. The van der Waals surface area contributed by atoms with E-state index in [1.54, 1.807) is 0 Å². The van der Waals surface area contributed by atoms with E-state index in [0.717, 1.165) is 30.5 Å². The molecule has 1 aromatic heterocycles. The van der Waals surface area contributed by atoms with Crippen molar-refractivity contribution in [3.05, 3.63) is 53.7 Å². The first kappa shape index (κ1) is 12.0. The van der Waals surface area contributed by atoms with Gasteiger partial charge in [0.2, 0.25) is 5.88 Å². The van der Waals surface area contributed by atoms with Crippen LogP contribution in [0.2, 0.25) is 0 Å². The van der Waals surface area contributed by atoms with Crippen molar-refractivity contribution in [1.29, 1.82) is 0 Å². The van der Waals surface area contributed by atoms with Gasteiger partial charge < -0.3 is 9.84 Å². The predicted octanol–water partition coefficient (Wildman–Crippen LogP) is 2.85. The van der Waals surface area contributed by atoms with Crippen LogP contribution >= 0.6 is 0 Å². The van der Waals surface area contributed by atoms with Gasteiger partial charge in [0.25, 0.3) is 0 Å². The quantitative estimate of drug-likeness (QED) is 0.911. The molecule has 1 aromatic carbocycles. The lowest BCUT2D eigenvalue weighted by Gasteiger charge is -2.07. The Bertz CT molecular complexity index is 584. The third kappa shape index (κ3) is 2.60. The highest BCUT2D eigenvalue weighted by Crippen LogP contribution is 2.25. The first-order chi connectivity index (χ1) is 8.56. The number of pyridine rings is 1. The summed E-state index contributed by atoms with van der Waals surface area (Å²) < 4.78 is 30.8. The van der Waals surface area contributed by atoms with Crippen LogP contribution in [0.25, 0.3) is 0 Å². The molecule has 1 N–H and O–H groups in total. The number of hydrogen-bond donors (Lipinski definition) is 1. The van der Waals surface area contributed by atoms with Crippen LogP contribution in [-0.4, -0.2) is 16.1 Å². The van der Waals surface area contributed by atoms with Crippen LogP contribution in [0.5, 0.6) is 11.6 Å². The van der Waals surface area contributed by atoms with Crippen LogP contribution in [0.3, 0.4) is 0 Å². The highest BCUT2D eigenvalue weighted by Gasteiger charge is 2.13. The summed E-state index contributed by atoms with van der Waals surface area (Å²) in [5.74, 6) is -2.67. The Kier molecular flexibility index (Phi) is 3.18. The van der Waals surface area contributed by atoms with Gasteiger partial charge in [-0.05, 0) is 18.2 Å². The van der Waals surface area contributed by atoms with E-state index >= 15 is 0 Å². The standard InChI is InChI=1S/C12H7F2NO3/c13-7-1-3-9(12(16)17)10(5-7)18-11-4-2-8(14)6-15-11/h1-6H,(H,16,17). The molecule has 18 heavy (non-hydrogen) atoms. The molecular weight excluding hydrogens is 244 g/mol. The minimum Gasteiger partial charge on any atom is -0.478 e. The van der Waals surface area contributed by atoms with Gasteiger partial charge in [0.1, 0.15) is 22.9 Å². The number of benzene rings is 1. The van der Waals surface area contributed by atoms with Gasteiger partial charge in [-0.1, -0.05) is 0 Å². The van der Waals surface area contributed by atoms with Gasteiger partial charge >= 0.3 is 5.97 Å². The molecular formula is C12H7F2NO3. The van der Waals surface area contributed by atoms with Crippen LogP contribution in [0, 0.1) is 11.6 Å². The first-order valence-corrected chi connectivity index (χ1v) is 4.88. The number of rotatable bonds is 3. The second-order valence-corrected chi connectivity index (χ2v) is 3.36. The Hall–Kier alpha value is -2.50. The average Bonchev–Trinajstić information content (AvgIpc) is 2.32. The summed E-state index contributed by atoms with van der Waals surface area (Å²) in [6.07, 6.45) is 0.912. The molecule has 0 saturated heterocycles. The molecule has 0 radical (unpaired) electrons. The Morgan fingerprint density at radius 2 is 1.89 bits per heavy atom. The summed E-state index contributed by atoms with van der Waals surface area (Å²) in [6.45, 7) is 0. The lowest BCUT2D eigenvalue weighted by molar-refractivity contribution is 0.0694. The second-order valence-electron chi connectivity index (χ2n) is 3.36. The molecule has 1 heterocycles. The molecule has 6 heteroatoms. The normalized spacial score (nSPS) is 10.1. The molecule has 2 aromatic rings. The minimum atomic E-state index is -1.26. The molecule has 0 saturated carbocycles. The maximum Gasteiger partial charge on any atom is 0.339 e. The number of carboxylic acid groups (broad SMARTS) is 1. The van der Waals surface area contributed by atoms with Crippen molar-refractivity contribution in [3.8, 4) is 11.6 Å². The van der Waals surface area contributed by atoms with Crippen molar-refractivity contribution >= 4 is 5.97 Å². The molecule has 0 fully saturated rings. The summed E-state index contributed by atoms with van der Waals surface area (Å²) >= 11 is 0. The van der Waals surface area contributed by atoms with Crippen LogP contribution in [0.1, 0.15) is 10.4 Å². The molecule has 0 amide bonds. The predicted molar refractivity (Wildman–Crippen MR) is 57.6 cm³/mol. The Labute approximate surface area is 100 Å². The number of halogens is 2. The van der Waals surface area contributed by atoms with E-state index < -0.39 is 17.6 Å². The number of aromatic nitrogens is 1. The summed E-state index contributed by atoms with van der Waals surface area (Å²) in [7, 11) is 0. The topological polar surface area (TPSA) is 59.4 Å². The summed E-state index contributed by atoms with van der Waals surface area (Å²) in [5, 5.41) is 8.90. The molecule has 0 aliphatic heterocycles. The maximum absolute atomic E-state index is 13.0. The van der Waals surface area contributed by atoms with Crippen LogP contribution < -0.4 is 4.74 Å². The smallest absolute Gasteiger partial charge is 0.339 e. The molecule has 0 atom stereocenters. The number of carboxylic acids is 1. The lowest BCUT2D eigenvalue weighted by Crippen LogP contribution is -2.01. The fraction of sp³-hybridized carbons (Fsp3) is 0. The van der Waals surface area contributed by atoms with Crippen molar-refractivity contribution in [1.82, 2.24) is 4.98 Å². The Morgan fingerprint density at radius 3 is 2.50 bits per heavy atom. The van der Waals surface area contributed by atoms with E-state index in [1.165, 1.54) is 6.07 Å². The van der Waals surface area contributed by atoms with E-state index in [0.29, 0.717) is 0 Å². The minimum absolute atomic E-state index is 0.0236. The highest BCUT2D eigenvalue weighted by molar-refractivity contribution is 5.90. The lowest BCUT2D eigenvalue weighted by atomic mass is 10.2. The Morgan fingerprint density at radius 1 is 1.17 bits per heavy atom. The highest BCUT2D eigenvalue weighted by atomic mass is 19.1. The second kappa shape index (κ2) is 4.79. The van der Waals surface area contributed by atoms with Crippen molar-refractivity contribution in [2.45, 2.75) is 0 Å². The van der Waals surface area contributed by atoms with Crippen LogP contribution in [0.15, 0.2) is 36.5 Å². The largest absolute Gasteiger partial charge is 0.478 e. The van der Waals surface area contributed by atoms with Crippen LogP contribution in [-0.2, 0) is 0 Å². The van der Waals surface area contributed by atoms with Gasteiger partial charge in [-0.25, -0.2) is 18.6 Å². The first-order valence-electron chi connectivity index (χ1n) is 4.88.